The summed E-state index contributed by atoms with van der Waals surface area (Å²) in [5.74, 6) is 0.640. The van der Waals surface area contributed by atoms with Gasteiger partial charge in [-0.1, -0.05) is 13.0 Å². The molecule has 0 aromatic carbocycles. The minimum absolute atomic E-state index is 0.00636. The highest BCUT2D eigenvalue weighted by Crippen LogP contribution is 2.04. The Hall–Kier alpha value is -1.95. The van der Waals surface area contributed by atoms with E-state index in [-0.39, 0.29) is 11.8 Å². The Balaban J connectivity index is 2.00. The first-order valence-corrected chi connectivity index (χ1v) is 5.99. The van der Waals surface area contributed by atoms with Gasteiger partial charge in [-0.15, -0.1) is 10.2 Å². The van der Waals surface area contributed by atoms with Crippen LogP contribution in [0.3, 0.4) is 0 Å². The third-order valence-corrected chi connectivity index (χ3v) is 2.85. The zero-order valence-electron chi connectivity index (χ0n) is 10.3. The molecule has 18 heavy (non-hydrogen) atoms. The molecule has 0 saturated heterocycles. The number of hydrogen-bond acceptors (Lipinski definition) is 4. The average Bonchev–Trinajstić information content (AvgIpc) is 2.79. The van der Waals surface area contributed by atoms with Crippen LogP contribution < -0.4 is 11.1 Å². The molecule has 1 unspecified atom stereocenters. The molecule has 0 aliphatic rings. The summed E-state index contributed by atoms with van der Waals surface area (Å²) in [5, 5.41) is 10.9. The van der Waals surface area contributed by atoms with E-state index in [1.54, 1.807) is 0 Å². The van der Waals surface area contributed by atoms with E-state index in [2.05, 4.69) is 15.5 Å². The molecule has 1 amide bonds. The molecule has 2 aromatic heterocycles. The van der Waals surface area contributed by atoms with Crippen LogP contribution in [-0.2, 0) is 11.3 Å². The molecule has 0 bridgehead atoms. The van der Waals surface area contributed by atoms with Gasteiger partial charge in [0.2, 0.25) is 5.91 Å². The summed E-state index contributed by atoms with van der Waals surface area (Å²) in [7, 11) is 0. The standard InChI is InChI=1S/C12H17N5O/c1-9(5-6-13)12(18)14-8-11-16-15-10-4-2-3-7-17(10)11/h2-4,7,9H,5-6,8,13H2,1H3,(H,14,18). The lowest BCUT2D eigenvalue weighted by Gasteiger charge is -2.10. The van der Waals surface area contributed by atoms with Gasteiger partial charge in [-0.25, -0.2) is 0 Å². The first-order chi connectivity index (χ1) is 8.72. The minimum Gasteiger partial charge on any atom is -0.349 e. The van der Waals surface area contributed by atoms with Gasteiger partial charge >= 0.3 is 0 Å². The molecule has 2 aromatic rings. The average molecular weight is 247 g/mol. The molecule has 0 saturated carbocycles. The fourth-order valence-corrected chi connectivity index (χ4v) is 1.73. The van der Waals surface area contributed by atoms with Crippen LogP contribution >= 0.6 is 0 Å². The Morgan fingerprint density at radius 1 is 1.50 bits per heavy atom. The van der Waals surface area contributed by atoms with E-state index in [9.17, 15) is 4.79 Å². The molecule has 1 atom stereocenters. The molecule has 0 spiro atoms. The second-order valence-corrected chi connectivity index (χ2v) is 4.24. The number of rotatable bonds is 5. The van der Waals surface area contributed by atoms with Crippen LogP contribution in [0, 0.1) is 5.92 Å². The van der Waals surface area contributed by atoms with Crippen LogP contribution in [0.4, 0.5) is 0 Å². The van der Waals surface area contributed by atoms with Crippen LogP contribution in [-0.4, -0.2) is 27.0 Å². The van der Waals surface area contributed by atoms with Crippen molar-refractivity contribution < 1.29 is 4.79 Å². The van der Waals surface area contributed by atoms with E-state index < -0.39 is 0 Å². The van der Waals surface area contributed by atoms with Gasteiger partial charge < -0.3 is 11.1 Å². The van der Waals surface area contributed by atoms with E-state index >= 15 is 0 Å². The van der Waals surface area contributed by atoms with Crippen LogP contribution in [0.2, 0.25) is 0 Å². The fraction of sp³-hybridized carbons (Fsp3) is 0.417. The maximum absolute atomic E-state index is 11.7. The minimum atomic E-state index is -0.0748. The molecule has 6 nitrogen and oxygen atoms in total. The Labute approximate surface area is 105 Å². The van der Waals surface area contributed by atoms with Crippen molar-refractivity contribution in [3.05, 3.63) is 30.2 Å². The summed E-state index contributed by atoms with van der Waals surface area (Å²) < 4.78 is 1.86. The van der Waals surface area contributed by atoms with Gasteiger partial charge in [0.05, 0.1) is 6.54 Å². The van der Waals surface area contributed by atoms with Gasteiger partial charge in [0, 0.05) is 12.1 Å². The number of carbonyl (C=O) groups is 1. The van der Waals surface area contributed by atoms with Gasteiger partial charge in [0.25, 0.3) is 0 Å². The first-order valence-electron chi connectivity index (χ1n) is 5.99. The number of hydrogen-bond donors (Lipinski definition) is 2. The first kappa shape index (κ1) is 12.5. The largest absolute Gasteiger partial charge is 0.349 e. The number of pyridine rings is 1. The SMILES string of the molecule is CC(CCN)C(=O)NCc1nnc2ccccn12. The number of nitrogens with two attached hydrogens (primary N) is 1. The van der Waals surface area contributed by atoms with Gasteiger partial charge in [-0.2, -0.15) is 0 Å². The molecule has 0 aliphatic carbocycles. The predicted molar refractivity (Wildman–Crippen MR) is 67.7 cm³/mol. The monoisotopic (exact) mass is 247 g/mol. The van der Waals surface area contributed by atoms with E-state index in [1.807, 2.05) is 35.7 Å². The van der Waals surface area contributed by atoms with Crippen molar-refractivity contribution in [2.45, 2.75) is 19.9 Å². The lowest BCUT2D eigenvalue weighted by atomic mass is 10.1. The summed E-state index contributed by atoms with van der Waals surface area (Å²) in [6.07, 6.45) is 2.56. The third-order valence-electron chi connectivity index (χ3n) is 2.85. The van der Waals surface area contributed by atoms with E-state index in [1.165, 1.54) is 0 Å². The lowest BCUT2D eigenvalue weighted by molar-refractivity contribution is -0.124. The van der Waals surface area contributed by atoms with E-state index in [0.29, 0.717) is 19.5 Å². The highest BCUT2D eigenvalue weighted by Gasteiger charge is 2.12. The van der Waals surface area contributed by atoms with Gasteiger partial charge in [0.15, 0.2) is 11.5 Å². The summed E-state index contributed by atoms with van der Waals surface area (Å²) in [5.41, 5.74) is 6.20. The maximum atomic E-state index is 11.7. The molecule has 6 heteroatoms. The van der Waals surface area contributed by atoms with Crippen molar-refractivity contribution in [2.75, 3.05) is 6.54 Å². The summed E-state index contributed by atoms with van der Waals surface area (Å²) in [4.78, 5) is 11.7. The number of nitrogens with zero attached hydrogens (tertiary/aromatic N) is 3. The third kappa shape index (κ3) is 2.65. The van der Waals surface area contributed by atoms with E-state index in [4.69, 9.17) is 5.73 Å². The van der Waals surface area contributed by atoms with E-state index in [0.717, 1.165) is 11.5 Å². The van der Waals surface area contributed by atoms with Crippen molar-refractivity contribution >= 4 is 11.6 Å². The molecule has 0 aliphatic heterocycles. The normalized spacial score (nSPS) is 12.6. The van der Waals surface area contributed by atoms with Crippen LogP contribution in [0.25, 0.3) is 5.65 Å². The lowest BCUT2D eigenvalue weighted by Crippen LogP contribution is -2.30. The van der Waals surface area contributed by atoms with Gasteiger partial charge in [-0.05, 0) is 25.1 Å². The number of carbonyl (C=O) groups excluding carboxylic acids is 1. The number of aromatic nitrogens is 3. The Morgan fingerprint density at radius 2 is 2.33 bits per heavy atom. The molecule has 0 fully saturated rings. The summed E-state index contributed by atoms with van der Waals surface area (Å²) in [6, 6.07) is 5.67. The number of fused-ring (bicyclic) bond motifs is 1. The highest BCUT2D eigenvalue weighted by molar-refractivity contribution is 5.78. The molecule has 2 heterocycles. The second-order valence-electron chi connectivity index (χ2n) is 4.24. The zero-order chi connectivity index (χ0) is 13.0. The van der Waals surface area contributed by atoms with Crippen molar-refractivity contribution in [1.82, 2.24) is 19.9 Å². The maximum Gasteiger partial charge on any atom is 0.223 e. The zero-order valence-corrected chi connectivity index (χ0v) is 10.3. The van der Waals surface area contributed by atoms with Crippen molar-refractivity contribution in [3.63, 3.8) is 0 Å². The van der Waals surface area contributed by atoms with Crippen molar-refractivity contribution in [1.29, 1.82) is 0 Å². The van der Waals surface area contributed by atoms with Crippen LogP contribution in [0.15, 0.2) is 24.4 Å². The molecule has 0 radical (unpaired) electrons. The van der Waals surface area contributed by atoms with Gasteiger partial charge in [0.1, 0.15) is 0 Å². The topological polar surface area (TPSA) is 85.3 Å². The van der Waals surface area contributed by atoms with Crippen molar-refractivity contribution in [2.24, 2.45) is 11.7 Å². The Kier molecular flexibility index (Phi) is 3.88. The van der Waals surface area contributed by atoms with Gasteiger partial charge in [-0.3, -0.25) is 9.20 Å². The van der Waals surface area contributed by atoms with Crippen LogP contribution in [0.1, 0.15) is 19.2 Å². The van der Waals surface area contributed by atoms with Crippen molar-refractivity contribution in [3.8, 4) is 0 Å². The summed E-state index contributed by atoms with van der Waals surface area (Å²) in [6.45, 7) is 2.76. The molecule has 96 valence electrons. The predicted octanol–water partition coefficient (Wildman–Crippen LogP) is 0.330. The Morgan fingerprint density at radius 3 is 3.11 bits per heavy atom. The molecule has 2 rings (SSSR count). The highest BCUT2D eigenvalue weighted by atomic mass is 16.1. The molecular formula is C12H17N5O. The number of nitrogens with one attached hydrogen (secondary N) is 1. The fourth-order valence-electron chi connectivity index (χ4n) is 1.73. The van der Waals surface area contributed by atoms with Crippen LogP contribution in [0.5, 0.6) is 0 Å². The second kappa shape index (κ2) is 5.59. The number of amides is 1. The molecule has 3 N–H and O–H groups in total. The Bertz CT molecular complexity index is 536. The smallest absolute Gasteiger partial charge is 0.223 e. The molecular weight excluding hydrogens is 230 g/mol. The summed E-state index contributed by atoms with van der Waals surface area (Å²) >= 11 is 0. The quantitative estimate of drug-likeness (QED) is 0.797.